The molecule has 1 fully saturated rings. The van der Waals surface area contributed by atoms with Crippen LogP contribution in [0.2, 0.25) is 0 Å². The molecule has 12 heavy (non-hydrogen) atoms. The lowest BCUT2D eigenvalue weighted by atomic mass is 9.78. The van der Waals surface area contributed by atoms with Gasteiger partial charge in [-0.2, -0.15) is 0 Å². The van der Waals surface area contributed by atoms with Crippen LogP contribution in [0.25, 0.3) is 0 Å². The highest BCUT2D eigenvalue weighted by Crippen LogP contribution is 2.31. The van der Waals surface area contributed by atoms with Gasteiger partial charge in [-0.3, -0.25) is 0 Å². The Hall–Kier alpha value is 0.210. The average Bonchev–Trinajstić information content (AvgIpc) is 2.06. The Morgan fingerprint density at radius 1 is 1.33 bits per heavy atom. The molecule has 0 spiro atoms. The summed E-state index contributed by atoms with van der Waals surface area (Å²) in [6.45, 7) is 2.26. The third-order valence-corrected chi connectivity index (χ3v) is 2.90. The minimum atomic E-state index is -0.611. The monoisotopic (exact) mass is 193 g/mol. The first-order chi connectivity index (χ1) is 5.17. The van der Waals surface area contributed by atoms with Crippen LogP contribution in [0.5, 0.6) is 0 Å². The lowest BCUT2D eigenvalue weighted by Gasteiger charge is -2.34. The largest absolute Gasteiger partial charge is 0.389 e. The van der Waals surface area contributed by atoms with E-state index in [0.29, 0.717) is 12.5 Å². The lowest BCUT2D eigenvalue weighted by molar-refractivity contribution is -0.00808. The third-order valence-electron chi connectivity index (χ3n) is 2.90. The summed E-state index contributed by atoms with van der Waals surface area (Å²) in [5.41, 5.74) is 4.88. The molecule has 74 valence electrons. The molecule has 0 aromatic rings. The van der Waals surface area contributed by atoms with Crippen molar-refractivity contribution in [1.82, 2.24) is 0 Å². The molecule has 0 radical (unpaired) electrons. The van der Waals surface area contributed by atoms with E-state index in [2.05, 4.69) is 0 Å². The molecule has 0 saturated heterocycles. The van der Waals surface area contributed by atoms with E-state index in [4.69, 9.17) is 5.73 Å². The van der Waals surface area contributed by atoms with E-state index in [0.717, 1.165) is 12.8 Å². The average molecular weight is 194 g/mol. The summed E-state index contributed by atoms with van der Waals surface area (Å²) < 4.78 is 0. The van der Waals surface area contributed by atoms with Gasteiger partial charge in [0, 0.05) is 6.54 Å². The lowest BCUT2D eigenvalue weighted by Crippen LogP contribution is -2.42. The number of aliphatic hydroxyl groups is 1. The van der Waals surface area contributed by atoms with Crippen molar-refractivity contribution in [1.29, 1.82) is 0 Å². The molecule has 3 heteroatoms. The van der Waals surface area contributed by atoms with Gasteiger partial charge in [-0.1, -0.05) is 19.3 Å². The summed E-state index contributed by atoms with van der Waals surface area (Å²) in [6, 6.07) is 0. The van der Waals surface area contributed by atoms with Crippen molar-refractivity contribution in [3.63, 3.8) is 0 Å². The van der Waals surface area contributed by atoms with E-state index in [1.165, 1.54) is 19.3 Å². The van der Waals surface area contributed by atoms with Crippen LogP contribution in [0.1, 0.15) is 39.0 Å². The summed E-state index contributed by atoms with van der Waals surface area (Å²) in [6.07, 6.45) is 6.17. The number of hydrogen-bond acceptors (Lipinski definition) is 2. The Balaban J connectivity index is 0.00000121. The fraction of sp³-hybridized carbons (Fsp3) is 1.00. The van der Waals surface area contributed by atoms with E-state index in [-0.39, 0.29) is 12.4 Å². The minimum Gasteiger partial charge on any atom is -0.389 e. The predicted octanol–water partition coefficient (Wildman–Crippen LogP) is 1.70. The van der Waals surface area contributed by atoms with Crippen LogP contribution in [-0.2, 0) is 0 Å². The molecule has 3 N–H and O–H groups in total. The molecule has 1 aliphatic carbocycles. The van der Waals surface area contributed by atoms with Crippen molar-refractivity contribution in [2.24, 2.45) is 11.7 Å². The molecule has 1 atom stereocenters. The molecule has 0 aromatic carbocycles. The summed E-state index contributed by atoms with van der Waals surface area (Å²) in [4.78, 5) is 0. The maximum Gasteiger partial charge on any atom is 0.0769 e. The number of halogens is 1. The van der Waals surface area contributed by atoms with Crippen molar-refractivity contribution >= 4 is 12.4 Å². The number of nitrogens with two attached hydrogens (primary N) is 1. The molecule has 0 aromatic heterocycles. The molecule has 0 aliphatic heterocycles. The second-order valence-electron chi connectivity index (χ2n) is 3.90. The molecular formula is C9H20ClNO. The van der Waals surface area contributed by atoms with Gasteiger partial charge in [-0.25, -0.2) is 0 Å². The van der Waals surface area contributed by atoms with Crippen molar-refractivity contribution in [2.75, 3.05) is 6.54 Å². The van der Waals surface area contributed by atoms with Crippen LogP contribution in [0, 0.1) is 5.92 Å². The van der Waals surface area contributed by atoms with Crippen LogP contribution >= 0.6 is 12.4 Å². The fourth-order valence-corrected chi connectivity index (χ4v) is 1.89. The molecule has 0 amide bonds. The number of hydrogen-bond donors (Lipinski definition) is 2. The van der Waals surface area contributed by atoms with Gasteiger partial charge in [0.05, 0.1) is 5.60 Å². The first-order valence-corrected chi connectivity index (χ1v) is 4.59. The molecule has 1 aliphatic rings. The van der Waals surface area contributed by atoms with Crippen LogP contribution in [0.3, 0.4) is 0 Å². The van der Waals surface area contributed by atoms with E-state index < -0.39 is 5.60 Å². The molecular weight excluding hydrogens is 174 g/mol. The van der Waals surface area contributed by atoms with E-state index in [1.54, 1.807) is 0 Å². The van der Waals surface area contributed by atoms with Crippen LogP contribution in [0.4, 0.5) is 0 Å². The van der Waals surface area contributed by atoms with Gasteiger partial charge >= 0.3 is 0 Å². The third kappa shape index (κ3) is 2.92. The Morgan fingerprint density at radius 3 is 2.25 bits per heavy atom. The van der Waals surface area contributed by atoms with Crippen molar-refractivity contribution in [3.8, 4) is 0 Å². The molecule has 1 saturated carbocycles. The van der Waals surface area contributed by atoms with E-state index in [1.807, 2.05) is 6.92 Å². The maximum absolute atomic E-state index is 9.82. The molecule has 1 rings (SSSR count). The Labute approximate surface area is 80.9 Å². The summed E-state index contributed by atoms with van der Waals surface area (Å²) >= 11 is 0. The second-order valence-corrected chi connectivity index (χ2v) is 3.90. The van der Waals surface area contributed by atoms with Gasteiger partial charge in [0.2, 0.25) is 0 Å². The SMILES string of the molecule is CC(O)(CN)C1CCCCC1.Cl. The number of rotatable bonds is 2. The molecule has 0 heterocycles. The van der Waals surface area contributed by atoms with Gasteiger partial charge in [-0.05, 0) is 25.7 Å². The van der Waals surface area contributed by atoms with Crippen LogP contribution in [0.15, 0.2) is 0 Å². The highest BCUT2D eigenvalue weighted by molar-refractivity contribution is 5.85. The predicted molar refractivity (Wildman–Crippen MR) is 53.5 cm³/mol. The molecule has 2 nitrogen and oxygen atoms in total. The zero-order valence-corrected chi connectivity index (χ0v) is 8.57. The quantitative estimate of drug-likeness (QED) is 0.702. The zero-order chi connectivity index (χ0) is 8.32. The van der Waals surface area contributed by atoms with Crippen molar-refractivity contribution < 1.29 is 5.11 Å². The Kier molecular flexibility index (Phi) is 5.14. The van der Waals surface area contributed by atoms with Crippen molar-refractivity contribution in [2.45, 2.75) is 44.6 Å². The van der Waals surface area contributed by atoms with Crippen molar-refractivity contribution in [3.05, 3.63) is 0 Å². The highest BCUT2D eigenvalue weighted by Gasteiger charge is 2.30. The Morgan fingerprint density at radius 2 is 1.83 bits per heavy atom. The van der Waals surface area contributed by atoms with Gasteiger partial charge in [0.25, 0.3) is 0 Å². The smallest absolute Gasteiger partial charge is 0.0769 e. The first-order valence-electron chi connectivity index (χ1n) is 4.59. The summed E-state index contributed by atoms with van der Waals surface area (Å²) in [5.74, 6) is 0.446. The van der Waals surface area contributed by atoms with Crippen LogP contribution < -0.4 is 5.73 Å². The van der Waals surface area contributed by atoms with Gasteiger partial charge < -0.3 is 10.8 Å². The molecule has 0 bridgehead atoms. The first kappa shape index (κ1) is 12.2. The highest BCUT2D eigenvalue weighted by atomic mass is 35.5. The molecule has 1 unspecified atom stereocenters. The summed E-state index contributed by atoms with van der Waals surface area (Å²) in [7, 11) is 0. The van der Waals surface area contributed by atoms with Gasteiger partial charge in [0.1, 0.15) is 0 Å². The van der Waals surface area contributed by atoms with E-state index >= 15 is 0 Å². The second kappa shape index (κ2) is 5.05. The Bertz CT molecular complexity index is 122. The summed E-state index contributed by atoms with van der Waals surface area (Å²) in [5, 5.41) is 9.82. The minimum absolute atomic E-state index is 0. The van der Waals surface area contributed by atoms with Gasteiger partial charge in [-0.15, -0.1) is 12.4 Å². The normalized spacial score (nSPS) is 24.2. The van der Waals surface area contributed by atoms with E-state index in [9.17, 15) is 5.11 Å². The standard InChI is InChI=1S/C9H19NO.ClH/c1-9(11,7-10)8-5-3-2-4-6-8;/h8,11H,2-7,10H2,1H3;1H. The zero-order valence-electron chi connectivity index (χ0n) is 7.75. The topological polar surface area (TPSA) is 46.2 Å². The van der Waals surface area contributed by atoms with Gasteiger partial charge in [0.15, 0.2) is 0 Å². The fourth-order valence-electron chi connectivity index (χ4n) is 1.89. The van der Waals surface area contributed by atoms with Crippen LogP contribution in [-0.4, -0.2) is 17.3 Å². The maximum atomic E-state index is 9.82.